The van der Waals surface area contributed by atoms with E-state index in [4.69, 9.17) is 22.3 Å². The number of rotatable bonds is 3. The molecule has 0 aliphatic heterocycles. The van der Waals surface area contributed by atoms with Gasteiger partial charge in [-0.15, -0.1) is 11.3 Å². The van der Waals surface area contributed by atoms with Gasteiger partial charge in [0.05, 0.1) is 5.69 Å². The first-order valence-corrected chi connectivity index (χ1v) is 7.20. The summed E-state index contributed by atoms with van der Waals surface area (Å²) in [6.07, 6.45) is 0. The third kappa shape index (κ3) is 2.74. The lowest BCUT2D eigenvalue weighted by Gasteiger charge is -2.07. The number of aromatic nitrogens is 1. The van der Waals surface area contributed by atoms with Gasteiger partial charge in [-0.05, 0) is 25.0 Å². The minimum absolute atomic E-state index is 0.0287. The molecule has 0 bridgehead atoms. The van der Waals surface area contributed by atoms with Gasteiger partial charge in [-0.1, -0.05) is 37.6 Å². The quantitative estimate of drug-likeness (QED) is 0.892. The van der Waals surface area contributed by atoms with Gasteiger partial charge >= 0.3 is 0 Å². The topological polar surface area (TPSA) is 38.9 Å². The zero-order valence-electron chi connectivity index (χ0n) is 10.8. The molecular weight excluding hydrogens is 264 g/mol. The maximum Gasteiger partial charge on any atom is 0.123 e. The van der Waals surface area contributed by atoms with Crippen molar-refractivity contribution in [2.45, 2.75) is 32.7 Å². The molecule has 0 saturated carbocycles. The van der Waals surface area contributed by atoms with Gasteiger partial charge in [0, 0.05) is 21.5 Å². The lowest BCUT2D eigenvalue weighted by atomic mass is 10.1. The van der Waals surface area contributed by atoms with Crippen LogP contribution in [0, 0.1) is 0 Å². The molecule has 4 heteroatoms. The second-order valence-electron chi connectivity index (χ2n) is 4.72. The van der Waals surface area contributed by atoms with Crippen molar-refractivity contribution in [1.29, 1.82) is 0 Å². The molecule has 0 fully saturated rings. The molecule has 0 aliphatic carbocycles. The average Bonchev–Trinajstić information content (AvgIpc) is 2.75. The Labute approximate surface area is 117 Å². The highest BCUT2D eigenvalue weighted by Gasteiger charge is 2.17. The molecule has 2 nitrogen and oxygen atoms in total. The molecule has 2 aromatic rings. The molecule has 1 heterocycles. The Bertz CT molecular complexity index is 504. The normalized spacial score (nSPS) is 13.0. The van der Waals surface area contributed by atoms with Gasteiger partial charge in [0.2, 0.25) is 0 Å². The second kappa shape index (κ2) is 5.39. The van der Waals surface area contributed by atoms with Gasteiger partial charge in [-0.3, -0.25) is 0 Å². The molecule has 96 valence electrons. The SMILES string of the molecule is CC(C)c1nc(-c2ccc(Cl)cc2)sc1C(C)N. The number of nitrogens with zero attached hydrogens (tertiary/aromatic N) is 1. The Morgan fingerprint density at radius 3 is 2.22 bits per heavy atom. The van der Waals surface area contributed by atoms with Crippen molar-refractivity contribution < 1.29 is 0 Å². The zero-order valence-corrected chi connectivity index (χ0v) is 12.3. The Morgan fingerprint density at radius 2 is 1.78 bits per heavy atom. The predicted octanol–water partition coefficient (Wildman–Crippen LogP) is 4.61. The molecule has 0 aliphatic rings. The first-order chi connectivity index (χ1) is 8.49. The van der Waals surface area contributed by atoms with Crippen LogP contribution in [0.15, 0.2) is 24.3 Å². The fourth-order valence-corrected chi connectivity index (χ4v) is 3.10. The number of thiazole rings is 1. The molecule has 0 amide bonds. The smallest absolute Gasteiger partial charge is 0.123 e. The first-order valence-electron chi connectivity index (χ1n) is 6.01. The summed E-state index contributed by atoms with van der Waals surface area (Å²) >= 11 is 7.58. The third-order valence-electron chi connectivity index (χ3n) is 2.73. The van der Waals surface area contributed by atoms with Crippen molar-refractivity contribution in [2.24, 2.45) is 5.73 Å². The number of hydrogen-bond acceptors (Lipinski definition) is 3. The minimum atomic E-state index is 0.0287. The molecule has 0 saturated heterocycles. The van der Waals surface area contributed by atoms with Crippen LogP contribution in [0.1, 0.15) is 43.3 Å². The molecule has 1 unspecified atom stereocenters. The molecule has 18 heavy (non-hydrogen) atoms. The summed E-state index contributed by atoms with van der Waals surface area (Å²) in [4.78, 5) is 5.90. The Morgan fingerprint density at radius 1 is 1.17 bits per heavy atom. The van der Waals surface area contributed by atoms with Gasteiger partial charge < -0.3 is 5.73 Å². The van der Waals surface area contributed by atoms with Crippen LogP contribution in [0.3, 0.4) is 0 Å². The summed E-state index contributed by atoms with van der Waals surface area (Å²) in [5.74, 6) is 0.392. The summed E-state index contributed by atoms with van der Waals surface area (Å²) in [5.41, 5.74) is 8.22. The predicted molar refractivity (Wildman–Crippen MR) is 79.3 cm³/mol. The van der Waals surface area contributed by atoms with Crippen LogP contribution in [0.4, 0.5) is 0 Å². The highest BCUT2D eigenvalue weighted by atomic mass is 35.5. The molecule has 0 radical (unpaired) electrons. The monoisotopic (exact) mass is 280 g/mol. The Balaban J connectivity index is 2.46. The fraction of sp³-hybridized carbons (Fsp3) is 0.357. The van der Waals surface area contributed by atoms with E-state index in [1.54, 1.807) is 11.3 Å². The van der Waals surface area contributed by atoms with Crippen LogP contribution in [-0.4, -0.2) is 4.98 Å². The number of hydrogen-bond donors (Lipinski definition) is 1. The summed E-state index contributed by atoms with van der Waals surface area (Å²) < 4.78 is 0. The van der Waals surface area contributed by atoms with Crippen molar-refractivity contribution in [2.75, 3.05) is 0 Å². The van der Waals surface area contributed by atoms with Crippen LogP contribution in [0.2, 0.25) is 5.02 Å². The van der Waals surface area contributed by atoms with Crippen molar-refractivity contribution >= 4 is 22.9 Å². The summed E-state index contributed by atoms with van der Waals surface area (Å²) in [6.45, 7) is 6.30. The van der Waals surface area contributed by atoms with Crippen LogP contribution < -0.4 is 5.73 Å². The standard InChI is InChI=1S/C14H17ClN2S/c1-8(2)12-13(9(3)16)18-14(17-12)10-4-6-11(15)7-5-10/h4-9H,16H2,1-3H3. The van der Waals surface area contributed by atoms with Crippen molar-refractivity contribution in [1.82, 2.24) is 4.98 Å². The van der Waals surface area contributed by atoms with E-state index >= 15 is 0 Å². The minimum Gasteiger partial charge on any atom is -0.323 e. The molecule has 2 N–H and O–H groups in total. The van der Waals surface area contributed by atoms with E-state index in [-0.39, 0.29) is 6.04 Å². The number of benzene rings is 1. The summed E-state index contributed by atoms with van der Waals surface area (Å²) in [5, 5.41) is 1.76. The van der Waals surface area contributed by atoms with E-state index in [1.807, 2.05) is 31.2 Å². The third-order valence-corrected chi connectivity index (χ3v) is 4.31. The van der Waals surface area contributed by atoms with Crippen LogP contribution in [0.5, 0.6) is 0 Å². The highest BCUT2D eigenvalue weighted by molar-refractivity contribution is 7.15. The van der Waals surface area contributed by atoms with Crippen LogP contribution in [0.25, 0.3) is 10.6 Å². The van der Waals surface area contributed by atoms with E-state index in [1.165, 1.54) is 4.88 Å². The maximum absolute atomic E-state index is 6.02. The van der Waals surface area contributed by atoms with Crippen LogP contribution in [-0.2, 0) is 0 Å². The fourth-order valence-electron chi connectivity index (χ4n) is 1.80. The van der Waals surface area contributed by atoms with Gasteiger partial charge in [-0.2, -0.15) is 0 Å². The zero-order chi connectivity index (χ0) is 13.3. The Kier molecular flexibility index (Phi) is 4.05. The first kappa shape index (κ1) is 13.5. The molecule has 1 aromatic heterocycles. The van der Waals surface area contributed by atoms with E-state index in [2.05, 4.69) is 13.8 Å². The number of halogens is 1. The van der Waals surface area contributed by atoms with Gasteiger partial charge in [-0.25, -0.2) is 4.98 Å². The van der Waals surface area contributed by atoms with Gasteiger partial charge in [0.25, 0.3) is 0 Å². The largest absolute Gasteiger partial charge is 0.323 e. The second-order valence-corrected chi connectivity index (χ2v) is 6.19. The summed E-state index contributed by atoms with van der Waals surface area (Å²) in [6, 6.07) is 7.80. The molecular formula is C14H17ClN2S. The van der Waals surface area contributed by atoms with Crippen LogP contribution >= 0.6 is 22.9 Å². The van der Waals surface area contributed by atoms with E-state index < -0.39 is 0 Å². The molecule has 1 atom stereocenters. The average molecular weight is 281 g/mol. The number of nitrogens with two attached hydrogens (primary N) is 1. The van der Waals surface area contributed by atoms with Gasteiger partial charge in [0.15, 0.2) is 0 Å². The van der Waals surface area contributed by atoms with E-state index in [0.717, 1.165) is 21.3 Å². The molecule has 0 spiro atoms. The van der Waals surface area contributed by atoms with E-state index in [0.29, 0.717) is 5.92 Å². The summed E-state index contributed by atoms with van der Waals surface area (Å²) in [7, 11) is 0. The molecule has 1 aromatic carbocycles. The van der Waals surface area contributed by atoms with Crippen molar-refractivity contribution in [3.05, 3.63) is 39.9 Å². The van der Waals surface area contributed by atoms with Crippen molar-refractivity contribution in [3.63, 3.8) is 0 Å². The van der Waals surface area contributed by atoms with E-state index in [9.17, 15) is 0 Å². The molecule has 2 rings (SSSR count). The lowest BCUT2D eigenvalue weighted by molar-refractivity contribution is 0.763. The van der Waals surface area contributed by atoms with Gasteiger partial charge in [0.1, 0.15) is 5.01 Å². The highest BCUT2D eigenvalue weighted by Crippen LogP contribution is 2.34. The lowest BCUT2D eigenvalue weighted by Crippen LogP contribution is -2.06. The maximum atomic E-state index is 6.02. The van der Waals surface area contributed by atoms with Crippen molar-refractivity contribution in [3.8, 4) is 10.6 Å². The Hall–Kier alpha value is -0.900.